The Balaban J connectivity index is 0.000000186. The molecule has 1 aliphatic carbocycles. The number of fused-ring (bicyclic) bond motifs is 4. The molecule has 0 unspecified atom stereocenters. The molecule has 0 saturated carbocycles. The molecule has 14 heterocycles. The number of ether oxygens (including phenoxy) is 4. The van der Waals surface area contributed by atoms with E-state index in [0.29, 0.717) is 84.7 Å². The fraction of sp³-hybridized carbons (Fsp3) is 0.553. The molecule has 8 aromatic rings. The monoisotopic (exact) mass is 2040 g/mol. The van der Waals surface area contributed by atoms with Crippen molar-refractivity contribution in [1.82, 2.24) is 65.8 Å². The zero-order chi connectivity index (χ0) is 101. The molecule has 34 nitrogen and oxygen atoms in total. The number of hydrogen-bond acceptors (Lipinski definition) is 26. The van der Waals surface area contributed by atoms with Gasteiger partial charge in [-0.05, 0) is 224 Å². The second kappa shape index (κ2) is 57.0. The first kappa shape index (κ1) is 116. The van der Waals surface area contributed by atoms with E-state index < -0.39 is 58.9 Å². The molecule has 34 heteroatoms. The van der Waals surface area contributed by atoms with Gasteiger partial charge in [0.2, 0.25) is 23.6 Å². The number of nitrogens with one attached hydrogen (secondary N) is 7. The van der Waals surface area contributed by atoms with Crippen molar-refractivity contribution in [2.75, 3.05) is 157 Å². The number of amides is 4. The Morgan fingerprint density at radius 3 is 1.16 bits per heavy atom. The molecule has 6 atom stereocenters. The molecular weight excluding hydrogens is 1880 g/mol. The van der Waals surface area contributed by atoms with E-state index in [1.807, 2.05) is 117 Å². The number of para-hydroxylation sites is 2. The third-order valence-corrected chi connectivity index (χ3v) is 29.1. The average Bonchev–Trinajstić information content (AvgIpc) is 1.46. The average molecular weight is 2040 g/mol. The van der Waals surface area contributed by atoms with Crippen LogP contribution in [0.4, 0.5) is 28.8 Å². The third-order valence-electron chi connectivity index (χ3n) is 29.1. The lowest BCUT2D eigenvalue weighted by atomic mass is 9.84. The molecule has 9 aliphatic heterocycles. The molecule has 4 amide bonds. The Morgan fingerprint density at radius 2 is 0.750 bits per heavy atom. The van der Waals surface area contributed by atoms with Gasteiger partial charge >= 0.3 is 23.9 Å². The number of hydrogen-bond donors (Lipinski definition) is 11. The topological polar surface area (TPSA) is 422 Å². The number of aliphatic carboxylic acids is 4. The maximum absolute atomic E-state index is 13.0. The van der Waals surface area contributed by atoms with Gasteiger partial charge in [-0.25, -0.2) is 34.1 Å². The van der Waals surface area contributed by atoms with E-state index in [1.165, 1.54) is 40.8 Å². The summed E-state index contributed by atoms with van der Waals surface area (Å²) in [5.74, 6) is -1.98. The number of pyridine rings is 5. The Kier molecular flexibility index (Phi) is 44.7. The molecule has 5 aromatic heterocycles. The van der Waals surface area contributed by atoms with E-state index in [1.54, 1.807) is 32.3 Å². The van der Waals surface area contributed by atoms with Gasteiger partial charge in [-0.1, -0.05) is 141 Å². The first-order valence-corrected chi connectivity index (χ1v) is 52.0. The first-order chi connectivity index (χ1) is 69.7. The van der Waals surface area contributed by atoms with Gasteiger partial charge in [0.05, 0.1) is 62.0 Å². The minimum atomic E-state index is -1.03. The van der Waals surface area contributed by atoms with E-state index in [9.17, 15) is 58.8 Å². The van der Waals surface area contributed by atoms with E-state index in [2.05, 4.69) is 119 Å². The highest BCUT2D eigenvalue weighted by molar-refractivity contribution is 5.92. The van der Waals surface area contributed by atoms with Crippen LogP contribution in [0.2, 0.25) is 0 Å². The Bertz CT molecular complexity index is 5540. The number of anilines is 5. The number of aryl methyl sites for hydroxylation is 5. The van der Waals surface area contributed by atoms with Crippen LogP contribution in [0.25, 0.3) is 0 Å². The van der Waals surface area contributed by atoms with Crippen LogP contribution in [0.5, 0.6) is 0 Å². The van der Waals surface area contributed by atoms with E-state index in [-0.39, 0.29) is 89.8 Å². The minimum Gasteiger partial charge on any atom is -0.480 e. The van der Waals surface area contributed by atoms with Gasteiger partial charge in [-0.2, -0.15) is 0 Å². The van der Waals surface area contributed by atoms with Gasteiger partial charge in [-0.3, -0.25) is 48.7 Å². The first-order valence-electron chi connectivity index (χ1n) is 52.0. The second-order valence-electron chi connectivity index (χ2n) is 40.8. The Hall–Kier alpha value is -12.2. The zero-order valence-corrected chi connectivity index (χ0v) is 83.9. The summed E-state index contributed by atoms with van der Waals surface area (Å²) in [5.41, 5.74) is 12.8. The molecule has 148 heavy (non-hydrogen) atoms. The fourth-order valence-corrected chi connectivity index (χ4v) is 20.2. The van der Waals surface area contributed by atoms with Crippen LogP contribution >= 0.6 is 0 Å². The normalized spacial score (nSPS) is 18.4. The number of rotatable bonds is 44. The number of benzene rings is 3. The standard InChI is InChI=1S/C29H39N3O4.C28H37N5O4.C27H35N5O4.C26H35N5O4.4CH4/c1-29(2,18-21-8-4-3-5-9-21)28(35)31-26(27(33)34)14-16-32-19-24(20-32)36-17-15-23-13-12-22-10-6-7-11-25(22)30-23;34-27(25-9-5-15-33(25)22-7-2-1-3-8-22)31-24(28(35)36)12-16-32-18-23(19-32)37-17-13-21-11-10-20-6-4-14-29-26(20)30-21;33-26(24-9-5-14-32(24)21-7-2-1-3-8-21)30-23(27(34)35)12-15-31-16-22(17-31)36-18-20-11-10-19-6-4-13-28-25(19)29-20;1-26(2,19-6-4-11-27-15-19)25(34)30-22(24(32)33)9-13-31-16-21(17-31)35-14-10-20-8-7-18-5-3-12-28-23(18)29-20;;;;/h3-5,8-9,12-13,24,26H,6-7,10-11,14-20H2,1-2H3,(H,31,35)(H,33,34);1-3,7-8,10-11,23-25H,4-6,9,12-19H2,(H,29,30)(H,31,34)(H,35,36);1-3,7-8,10-11,22-24H,4-6,9,12-18H2,(H,28,29)(H,30,33)(H,34,35);4,6-8,11,15,21-22H,3,5,9-10,12-14,16-17H2,1-2H3,(H,28,29)(H,30,34)(H,32,33);4*1H4/t26-;24-,25-;23-,24-;22-;;;;/m0000..../s1. The van der Waals surface area contributed by atoms with Crippen LogP contribution in [-0.2, 0) is 127 Å². The number of nitrogens with zero attached hydrogens (tertiary/aromatic N) is 11. The van der Waals surface area contributed by atoms with Crippen molar-refractivity contribution in [1.29, 1.82) is 0 Å². The van der Waals surface area contributed by atoms with Crippen LogP contribution in [0.15, 0.2) is 164 Å². The highest BCUT2D eigenvalue weighted by Gasteiger charge is 2.41. The van der Waals surface area contributed by atoms with Crippen LogP contribution in [-0.4, -0.2) is 304 Å². The quantitative estimate of drug-likeness (QED) is 0.0169. The van der Waals surface area contributed by atoms with Crippen molar-refractivity contribution >= 4 is 76.3 Å². The van der Waals surface area contributed by atoms with Gasteiger partial charge in [0.15, 0.2) is 0 Å². The number of carboxylic acids is 4. The number of carbonyl (C=O) groups excluding carboxylic acids is 4. The summed E-state index contributed by atoms with van der Waals surface area (Å²) in [4.78, 5) is 135. The summed E-state index contributed by atoms with van der Waals surface area (Å²) in [6, 6.07) is 45.7. The molecule has 6 fully saturated rings. The van der Waals surface area contributed by atoms with Crippen molar-refractivity contribution in [3.05, 3.63) is 226 Å². The number of likely N-dealkylation sites (tertiary alicyclic amines) is 4. The molecule has 10 aliphatic rings. The van der Waals surface area contributed by atoms with Gasteiger partial charge < -0.3 is 86.4 Å². The SMILES string of the molecule is C.C.C.C.CC(C)(C(=O)N[C@@H](CCN1CC(OCCc2ccc3c(n2)NCCC3)C1)C(=O)O)c1cccnc1.CC(C)(Cc1ccccc1)C(=O)N[C@@H](CCN1CC(OCCc2ccc3c(n2)CCCC3)C1)C(=O)O.O=C(O)[C@H](CCN1CC(OCCc2ccc3c(n2)NCCC3)C1)NC(=O)[C@@H]1CCCN1c1ccccc1.O=C(O)[C@H](CCN1CC(OCc2ccc3c(n2)NCCC3)C1)NC(=O)[C@@H]1CCCN1c1ccccc1. The van der Waals surface area contributed by atoms with E-state index in [4.69, 9.17) is 33.9 Å². The summed E-state index contributed by atoms with van der Waals surface area (Å²) in [7, 11) is 0. The Labute approximate surface area is 874 Å². The van der Waals surface area contributed by atoms with Crippen LogP contribution < -0.4 is 47.0 Å². The lowest BCUT2D eigenvalue weighted by Gasteiger charge is -2.39. The maximum atomic E-state index is 13.0. The van der Waals surface area contributed by atoms with E-state index >= 15 is 0 Å². The largest absolute Gasteiger partial charge is 0.480 e. The van der Waals surface area contributed by atoms with Gasteiger partial charge in [0.25, 0.3) is 0 Å². The molecule has 3 aromatic carbocycles. The summed E-state index contributed by atoms with van der Waals surface area (Å²) in [6.07, 6.45) is 22.9. The molecule has 804 valence electrons. The molecule has 11 N–H and O–H groups in total. The lowest BCUT2D eigenvalue weighted by Crippen LogP contribution is -2.55. The van der Waals surface area contributed by atoms with Crippen LogP contribution in [0.1, 0.15) is 203 Å². The fourth-order valence-electron chi connectivity index (χ4n) is 20.2. The molecule has 0 radical (unpaired) electrons. The number of carbonyl (C=O) groups is 8. The van der Waals surface area contributed by atoms with E-state index in [0.717, 1.165) is 244 Å². The summed E-state index contributed by atoms with van der Waals surface area (Å²) >= 11 is 0. The van der Waals surface area contributed by atoms with Gasteiger partial charge in [0, 0.05) is 182 Å². The van der Waals surface area contributed by atoms with Crippen LogP contribution in [0, 0.1) is 5.41 Å². The number of carboxylic acid groups (broad SMARTS) is 4. The lowest BCUT2D eigenvalue weighted by molar-refractivity contribution is -0.144. The highest BCUT2D eigenvalue weighted by Crippen LogP contribution is 2.33. The molecular formula is C114H162N18O16. The smallest absolute Gasteiger partial charge is 0.326 e. The summed E-state index contributed by atoms with van der Waals surface area (Å²) in [5, 5.41) is 59.9. The molecule has 0 spiro atoms. The maximum Gasteiger partial charge on any atom is 0.326 e. The highest BCUT2D eigenvalue weighted by atomic mass is 16.5. The second-order valence-corrected chi connectivity index (χ2v) is 40.8. The van der Waals surface area contributed by atoms with Gasteiger partial charge in [0.1, 0.15) is 53.7 Å². The molecule has 18 rings (SSSR count). The molecule has 0 bridgehead atoms. The minimum absolute atomic E-state index is 0. The predicted molar refractivity (Wildman–Crippen MR) is 577 cm³/mol. The third kappa shape index (κ3) is 33.4. The van der Waals surface area contributed by atoms with Crippen molar-refractivity contribution in [3.63, 3.8) is 0 Å². The zero-order valence-electron chi connectivity index (χ0n) is 83.9. The van der Waals surface area contributed by atoms with Crippen molar-refractivity contribution in [2.45, 2.75) is 271 Å². The summed E-state index contributed by atoms with van der Waals surface area (Å²) < 4.78 is 24.0. The van der Waals surface area contributed by atoms with Crippen LogP contribution in [0.3, 0.4) is 0 Å². The molecule has 6 saturated heterocycles. The Morgan fingerprint density at radius 1 is 0.392 bits per heavy atom. The van der Waals surface area contributed by atoms with Crippen molar-refractivity contribution < 1.29 is 77.7 Å². The van der Waals surface area contributed by atoms with Crippen molar-refractivity contribution in [3.8, 4) is 0 Å². The predicted octanol–water partition coefficient (Wildman–Crippen LogP) is 12.6. The summed E-state index contributed by atoms with van der Waals surface area (Å²) in [6.45, 7) is 22.7. The van der Waals surface area contributed by atoms with Gasteiger partial charge in [-0.15, -0.1) is 0 Å². The number of aromatic nitrogens is 5. The van der Waals surface area contributed by atoms with Crippen molar-refractivity contribution in [2.24, 2.45) is 5.41 Å².